The number of piperazine rings is 1. The van der Waals surface area contributed by atoms with E-state index >= 15 is 0 Å². The normalized spacial score (nSPS) is 26.3. The van der Waals surface area contributed by atoms with Crippen molar-refractivity contribution < 1.29 is 19.4 Å². The summed E-state index contributed by atoms with van der Waals surface area (Å²) in [6.45, 7) is 5.64. The molecule has 6 heteroatoms. The molecule has 2 saturated heterocycles. The summed E-state index contributed by atoms with van der Waals surface area (Å²) in [4.78, 5) is 30.3. The van der Waals surface area contributed by atoms with Crippen molar-refractivity contribution in [2.45, 2.75) is 50.6 Å². The van der Waals surface area contributed by atoms with Crippen molar-refractivity contribution in [3.63, 3.8) is 0 Å². The van der Waals surface area contributed by atoms with Crippen LogP contribution in [0.4, 0.5) is 4.79 Å². The number of urea groups is 1. The standard InChI is InChI=1S/C25H32N4O2/c30-23-25(12-5-1-2-6-13-25)26-24(31)29(23)19-28-16-14-27(15-17-28)18-21-10-7-9-20-8-3-4-11-22(20)21/h3-4,7-11H,1-2,5-6,12-19H2,(H,26,31)/p+2. The van der Waals surface area contributed by atoms with Gasteiger partial charge in [-0.1, -0.05) is 68.1 Å². The third-order valence-electron chi connectivity index (χ3n) is 7.57. The molecule has 3 aliphatic rings. The first-order valence-electron chi connectivity index (χ1n) is 11.9. The molecule has 3 N–H and O–H groups in total. The zero-order chi connectivity index (χ0) is 21.3. The predicted octanol–water partition coefficient (Wildman–Crippen LogP) is 0.726. The molecule has 2 aliphatic heterocycles. The third-order valence-corrected chi connectivity index (χ3v) is 7.57. The predicted molar refractivity (Wildman–Crippen MR) is 120 cm³/mol. The molecule has 1 saturated carbocycles. The Morgan fingerprint density at radius 1 is 0.839 bits per heavy atom. The SMILES string of the molecule is O=C1NC2(CCCCCC2)C(=O)N1C[NH+]1CC[NH+](Cc2cccc3ccccc23)CC1. The number of benzene rings is 2. The first-order valence-corrected chi connectivity index (χ1v) is 11.9. The number of nitrogens with zero attached hydrogens (tertiary/aromatic N) is 1. The summed E-state index contributed by atoms with van der Waals surface area (Å²) in [7, 11) is 0. The van der Waals surface area contributed by atoms with Gasteiger partial charge in [0, 0.05) is 5.56 Å². The molecule has 0 bridgehead atoms. The van der Waals surface area contributed by atoms with Crippen LogP contribution in [0.5, 0.6) is 0 Å². The molecule has 6 nitrogen and oxygen atoms in total. The number of hydrogen-bond donors (Lipinski definition) is 3. The van der Waals surface area contributed by atoms with Gasteiger partial charge in [-0.25, -0.2) is 9.69 Å². The fourth-order valence-corrected chi connectivity index (χ4v) is 5.72. The smallest absolute Gasteiger partial charge is 0.323 e. The number of quaternary nitrogens is 2. The maximum Gasteiger partial charge on any atom is 0.329 e. The van der Waals surface area contributed by atoms with Crippen LogP contribution in [-0.2, 0) is 11.3 Å². The van der Waals surface area contributed by atoms with Gasteiger partial charge in [0.25, 0.3) is 5.91 Å². The number of carbonyl (C=O) groups is 2. The summed E-state index contributed by atoms with van der Waals surface area (Å²) in [5.74, 6) is 0.0254. The number of imide groups is 1. The van der Waals surface area contributed by atoms with Crippen molar-refractivity contribution >= 4 is 22.7 Å². The van der Waals surface area contributed by atoms with E-state index in [0.717, 1.165) is 71.2 Å². The molecule has 3 fully saturated rings. The molecule has 2 aromatic carbocycles. The van der Waals surface area contributed by atoms with E-state index in [0.29, 0.717) is 6.67 Å². The monoisotopic (exact) mass is 422 g/mol. The molecule has 1 spiro atoms. The van der Waals surface area contributed by atoms with Gasteiger partial charge < -0.3 is 15.1 Å². The lowest BCUT2D eigenvalue weighted by Gasteiger charge is -2.31. The Kier molecular flexibility index (Phi) is 5.67. The highest BCUT2D eigenvalue weighted by atomic mass is 16.2. The highest BCUT2D eigenvalue weighted by molar-refractivity contribution is 6.06. The van der Waals surface area contributed by atoms with E-state index in [9.17, 15) is 9.59 Å². The molecule has 0 unspecified atom stereocenters. The van der Waals surface area contributed by atoms with Crippen molar-refractivity contribution in [1.82, 2.24) is 10.2 Å². The Morgan fingerprint density at radius 2 is 1.52 bits per heavy atom. The highest BCUT2D eigenvalue weighted by Gasteiger charge is 2.51. The van der Waals surface area contributed by atoms with Crippen molar-refractivity contribution in [2.75, 3.05) is 32.8 Å². The number of hydrogen-bond acceptors (Lipinski definition) is 2. The van der Waals surface area contributed by atoms with Gasteiger partial charge in [-0.15, -0.1) is 0 Å². The number of carbonyl (C=O) groups excluding carboxylic acids is 2. The molecular formula is C25H34N4O2+2. The minimum atomic E-state index is -0.617. The highest BCUT2D eigenvalue weighted by Crippen LogP contribution is 2.32. The lowest BCUT2D eigenvalue weighted by atomic mass is 9.90. The minimum absolute atomic E-state index is 0.0254. The van der Waals surface area contributed by atoms with E-state index in [2.05, 4.69) is 47.8 Å². The lowest BCUT2D eigenvalue weighted by molar-refractivity contribution is -1.02. The van der Waals surface area contributed by atoms with E-state index in [4.69, 9.17) is 0 Å². The molecule has 1 aliphatic carbocycles. The Bertz CT molecular complexity index is 954. The van der Waals surface area contributed by atoms with E-state index in [1.165, 1.54) is 26.1 Å². The molecule has 0 atom stereocenters. The number of nitrogens with one attached hydrogen (secondary N) is 3. The first kappa shape index (κ1) is 20.5. The summed E-state index contributed by atoms with van der Waals surface area (Å²) >= 11 is 0. The number of fused-ring (bicyclic) bond motifs is 1. The van der Waals surface area contributed by atoms with Gasteiger partial charge in [0.15, 0.2) is 6.67 Å². The van der Waals surface area contributed by atoms with E-state index in [1.807, 2.05) is 0 Å². The second-order valence-electron chi connectivity index (χ2n) is 9.63. The van der Waals surface area contributed by atoms with Gasteiger partial charge in [0.05, 0.1) is 0 Å². The number of amides is 3. The Morgan fingerprint density at radius 3 is 2.29 bits per heavy atom. The maximum absolute atomic E-state index is 13.2. The molecule has 5 rings (SSSR count). The Labute approximate surface area is 184 Å². The van der Waals surface area contributed by atoms with Crippen LogP contribution in [0.25, 0.3) is 10.8 Å². The maximum atomic E-state index is 13.2. The zero-order valence-corrected chi connectivity index (χ0v) is 18.3. The van der Waals surface area contributed by atoms with Gasteiger partial charge in [0.2, 0.25) is 0 Å². The van der Waals surface area contributed by atoms with Crippen molar-refractivity contribution in [1.29, 1.82) is 0 Å². The van der Waals surface area contributed by atoms with Crippen LogP contribution in [0.1, 0.15) is 44.1 Å². The zero-order valence-electron chi connectivity index (χ0n) is 18.3. The second kappa shape index (κ2) is 8.60. The summed E-state index contributed by atoms with van der Waals surface area (Å²) in [5, 5.41) is 5.72. The van der Waals surface area contributed by atoms with Gasteiger partial charge in [-0.05, 0) is 23.6 Å². The first-order chi connectivity index (χ1) is 15.1. The van der Waals surface area contributed by atoms with Crippen LogP contribution in [0.3, 0.4) is 0 Å². The van der Waals surface area contributed by atoms with Gasteiger partial charge in [-0.3, -0.25) is 4.79 Å². The molecule has 31 heavy (non-hydrogen) atoms. The minimum Gasteiger partial charge on any atom is -0.323 e. The lowest BCUT2D eigenvalue weighted by Crippen LogP contribution is -3.28. The molecule has 0 radical (unpaired) electrons. The summed E-state index contributed by atoms with van der Waals surface area (Å²) < 4.78 is 0. The molecular weight excluding hydrogens is 388 g/mol. The van der Waals surface area contributed by atoms with E-state index in [-0.39, 0.29) is 11.9 Å². The topological polar surface area (TPSA) is 58.3 Å². The Hall–Kier alpha value is -2.44. The van der Waals surface area contributed by atoms with Crippen molar-refractivity contribution in [2.24, 2.45) is 0 Å². The molecule has 2 aromatic rings. The average Bonchev–Trinajstić information content (AvgIpc) is 2.94. The Balaban J connectivity index is 1.18. The second-order valence-corrected chi connectivity index (χ2v) is 9.63. The van der Waals surface area contributed by atoms with Gasteiger partial charge in [0.1, 0.15) is 38.3 Å². The molecule has 164 valence electrons. The van der Waals surface area contributed by atoms with Crippen molar-refractivity contribution in [3.8, 4) is 0 Å². The number of rotatable bonds is 4. The largest absolute Gasteiger partial charge is 0.329 e. The van der Waals surface area contributed by atoms with Crippen LogP contribution in [0, 0.1) is 0 Å². The van der Waals surface area contributed by atoms with Crippen LogP contribution >= 0.6 is 0 Å². The average molecular weight is 423 g/mol. The quantitative estimate of drug-likeness (QED) is 0.636. The molecule has 2 heterocycles. The van der Waals surface area contributed by atoms with Gasteiger partial charge >= 0.3 is 6.03 Å². The van der Waals surface area contributed by atoms with Crippen LogP contribution in [0.15, 0.2) is 42.5 Å². The van der Waals surface area contributed by atoms with Crippen LogP contribution in [0.2, 0.25) is 0 Å². The van der Waals surface area contributed by atoms with Crippen molar-refractivity contribution in [3.05, 3.63) is 48.0 Å². The van der Waals surface area contributed by atoms with Crippen LogP contribution in [-0.4, -0.2) is 55.2 Å². The van der Waals surface area contributed by atoms with E-state index < -0.39 is 5.54 Å². The summed E-state index contributed by atoms with van der Waals surface area (Å²) in [6.07, 6.45) is 5.99. The van der Waals surface area contributed by atoms with Crippen LogP contribution < -0.4 is 15.1 Å². The summed E-state index contributed by atoms with van der Waals surface area (Å²) in [6, 6.07) is 15.0. The third kappa shape index (κ3) is 4.06. The summed E-state index contributed by atoms with van der Waals surface area (Å²) in [5.41, 5.74) is 0.787. The van der Waals surface area contributed by atoms with Gasteiger partial charge in [-0.2, -0.15) is 0 Å². The molecule has 0 aromatic heterocycles. The fraction of sp³-hybridized carbons (Fsp3) is 0.520. The fourth-order valence-electron chi connectivity index (χ4n) is 5.72. The van der Waals surface area contributed by atoms with E-state index in [1.54, 1.807) is 4.90 Å². The molecule has 3 amide bonds.